The number of rotatable bonds is 0. The summed E-state index contributed by atoms with van der Waals surface area (Å²) in [5.41, 5.74) is 3.89. The number of thiophene rings is 2. The number of nitrogens with zero attached hydrogens (tertiary/aromatic N) is 1. The Labute approximate surface area is 230 Å². The fourth-order valence-electron chi connectivity index (χ4n) is 6.98. The third-order valence-corrected chi connectivity index (χ3v) is 10.9. The first-order chi connectivity index (χ1) is 19.4. The predicted octanol–water partition coefficient (Wildman–Crippen LogP) is 11.3. The minimum Gasteiger partial charge on any atom is -0.306 e. The topological polar surface area (TPSA) is 4.41 Å². The molecule has 4 heterocycles. The third-order valence-electron chi connectivity index (χ3n) is 8.55. The van der Waals surface area contributed by atoms with E-state index in [2.05, 4.69) is 120 Å². The van der Waals surface area contributed by atoms with Crippen molar-refractivity contribution in [2.45, 2.75) is 0 Å². The molecule has 0 aliphatic carbocycles. The molecule has 0 saturated heterocycles. The predicted molar refractivity (Wildman–Crippen MR) is 173 cm³/mol. The van der Waals surface area contributed by atoms with Crippen LogP contribution in [0.25, 0.3) is 89.2 Å². The lowest BCUT2D eigenvalue weighted by Gasteiger charge is -2.05. The van der Waals surface area contributed by atoms with E-state index in [0.29, 0.717) is 0 Å². The minimum absolute atomic E-state index is 1.24. The normalized spacial score (nSPS) is 12.6. The van der Waals surface area contributed by atoms with Gasteiger partial charge in [-0.25, -0.2) is 0 Å². The number of hydrogen-bond acceptors (Lipinski definition) is 2. The number of para-hydroxylation sites is 1. The van der Waals surface area contributed by atoms with Crippen LogP contribution < -0.4 is 0 Å². The van der Waals surface area contributed by atoms with E-state index in [9.17, 15) is 0 Å². The smallest absolute Gasteiger partial charge is 0.0720 e. The maximum Gasteiger partial charge on any atom is 0.0720 e. The summed E-state index contributed by atoms with van der Waals surface area (Å²) in [5, 5.41) is 13.3. The van der Waals surface area contributed by atoms with Crippen LogP contribution in [0.5, 0.6) is 0 Å². The number of hydrogen-bond donors (Lipinski definition) is 0. The van der Waals surface area contributed by atoms with E-state index in [1.54, 1.807) is 0 Å². The molecular formula is C36H19NS2. The van der Waals surface area contributed by atoms with Crippen molar-refractivity contribution in [3.63, 3.8) is 0 Å². The zero-order valence-electron chi connectivity index (χ0n) is 20.7. The summed E-state index contributed by atoms with van der Waals surface area (Å²) >= 11 is 3.83. The second-order valence-corrected chi connectivity index (χ2v) is 12.6. The Morgan fingerprint density at radius 2 is 0.974 bits per heavy atom. The molecule has 0 atom stereocenters. The van der Waals surface area contributed by atoms with Gasteiger partial charge in [0.1, 0.15) is 0 Å². The van der Waals surface area contributed by atoms with Crippen molar-refractivity contribution in [3.05, 3.63) is 115 Å². The minimum atomic E-state index is 1.24. The van der Waals surface area contributed by atoms with Gasteiger partial charge >= 0.3 is 0 Å². The second kappa shape index (κ2) is 7.15. The van der Waals surface area contributed by atoms with E-state index >= 15 is 0 Å². The summed E-state index contributed by atoms with van der Waals surface area (Å²) in [6, 6.07) is 43.0. The van der Waals surface area contributed by atoms with Gasteiger partial charge in [-0.2, -0.15) is 0 Å². The fourth-order valence-corrected chi connectivity index (χ4v) is 9.36. The first-order valence-electron chi connectivity index (χ1n) is 13.3. The van der Waals surface area contributed by atoms with Crippen LogP contribution in [0.1, 0.15) is 0 Å². The van der Waals surface area contributed by atoms with Crippen molar-refractivity contribution in [2.24, 2.45) is 0 Å². The molecule has 10 aromatic rings. The summed E-state index contributed by atoms with van der Waals surface area (Å²) in [6.45, 7) is 0. The Morgan fingerprint density at radius 1 is 0.359 bits per heavy atom. The molecule has 0 radical (unpaired) electrons. The lowest BCUT2D eigenvalue weighted by molar-refractivity contribution is 1.37. The number of benzene rings is 6. The summed E-state index contributed by atoms with van der Waals surface area (Å²) in [7, 11) is 0. The van der Waals surface area contributed by atoms with E-state index in [4.69, 9.17) is 0 Å². The molecule has 3 heteroatoms. The molecule has 0 saturated carbocycles. The fraction of sp³-hybridized carbons (Fsp3) is 0. The van der Waals surface area contributed by atoms with Crippen LogP contribution in [0.2, 0.25) is 0 Å². The lowest BCUT2D eigenvalue weighted by atomic mass is 10.0. The largest absolute Gasteiger partial charge is 0.306 e. The monoisotopic (exact) mass is 529 g/mol. The Morgan fingerprint density at radius 3 is 1.87 bits per heavy atom. The standard InChI is InChI=1S/C36H19NS2/c1-2-9-21-20(8-1)22-10-3-5-13-28(22)37-34-25(18-19-31-33(34)32-24(21)12-7-15-30(32)38-31)26-16-17-27-23-11-4-6-14-29(23)39-36(27)35(26)37/h1-19H. The first kappa shape index (κ1) is 20.5. The molecule has 0 bridgehead atoms. The van der Waals surface area contributed by atoms with Gasteiger partial charge in [0.2, 0.25) is 0 Å². The Kier molecular flexibility index (Phi) is 3.76. The maximum absolute atomic E-state index is 2.60. The molecule has 10 rings (SSSR count). The Hall–Kier alpha value is -4.44. The molecular weight excluding hydrogens is 511 g/mol. The molecule has 0 aliphatic rings. The average Bonchev–Trinajstić information content (AvgIpc) is 3.66. The highest BCUT2D eigenvalue weighted by molar-refractivity contribution is 7.27. The van der Waals surface area contributed by atoms with Crippen molar-refractivity contribution in [1.82, 2.24) is 4.40 Å². The van der Waals surface area contributed by atoms with Crippen LogP contribution in [0.3, 0.4) is 0 Å². The summed E-state index contributed by atoms with van der Waals surface area (Å²) in [4.78, 5) is 0. The zero-order valence-corrected chi connectivity index (χ0v) is 22.4. The van der Waals surface area contributed by atoms with Gasteiger partial charge in [0.05, 0.1) is 21.3 Å². The van der Waals surface area contributed by atoms with Crippen LogP contribution >= 0.6 is 22.7 Å². The van der Waals surface area contributed by atoms with Gasteiger partial charge in [0.25, 0.3) is 0 Å². The molecule has 180 valence electrons. The first-order valence-corrected chi connectivity index (χ1v) is 14.9. The molecule has 1 nitrogen and oxygen atoms in total. The van der Waals surface area contributed by atoms with Crippen molar-refractivity contribution < 1.29 is 0 Å². The molecule has 0 unspecified atom stereocenters. The summed E-state index contributed by atoms with van der Waals surface area (Å²) in [5.74, 6) is 0. The van der Waals surface area contributed by atoms with Crippen LogP contribution in [-0.2, 0) is 0 Å². The van der Waals surface area contributed by atoms with Crippen LogP contribution in [0.4, 0.5) is 0 Å². The molecule has 0 N–H and O–H groups in total. The molecule has 0 spiro atoms. The van der Waals surface area contributed by atoms with Crippen molar-refractivity contribution in [2.75, 3.05) is 0 Å². The average molecular weight is 530 g/mol. The maximum atomic E-state index is 2.60. The van der Waals surface area contributed by atoms with Crippen molar-refractivity contribution >= 4 is 112 Å². The van der Waals surface area contributed by atoms with E-state index in [0.717, 1.165) is 0 Å². The third kappa shape index (κ3) is 2.46. The molecule has 4 aromatic heterocycles. The highest BCUT2D eigenvalue weighted by Crippen LogP contribution is 2.48. The van der Waals surface area contributed by atoms with Gasteiger partial charge in [-0.3, -0.25) is 0 Å². The number of fused-ring (bicyclic) bond motifs is 12. The lowest BCUT2D eigenvalue weighted by Crippen LogP contribution is -1.86. The van der Waals surface area contributed by atoms with E-state index < -0.39 is 0 Å². The summed E-state index contributed by atoms with van der Waals surface area (Å²) in [6.07, 6.45) is 0. The molecule has 0 amide bonds. The van der Waals surface area contributed by atoms with Gasteiger partial charge in [-0.1, -0.05) is 91.0 Å². The highest BCUT2D eigenvalue weighted by Gasteiger charge is 2.21. The van der Waals surface area contributed by atoms with Gasteiger partial charge < -0.3 is 4.40 Å². The zero-order chi connectivity index (χ0) is 25.2. The quantitative estimate of drug-likeness (QED) is 0.184. The van der Waals surface area contributed by atoms with Crippen LogP contribution in [0, 0.1) is 0 Å². The van der Waals surface area contributed by atoms with Crippen LogP contribution in [-0.4, -0.2) is 4.40 Å². The Bertz CT molecular complexity index is 2660. The van der Waals surface area contributed by atoms with Crippen molar-refractivity contribution in [3.8, 4) is 0 Å². The second-order valence-electron chi connectivity index (χ2n) is 10.5. The molecule has 39 heavy (non-hydrogen) atoms. The molecule has 0 fully saturated rings. The molecule has 6 aromatic carbocycles. The van der Waals surface area contributed by atoms with Crippen molar-refractivity contribution in [1.29, 1.82) is 0 Å². The Balaban J connectivity index is 1.69. The van der Waals surface area contributed by atoms with Crippen LogP contribution in [0.15, 0.2) is 115 Å². The SMILES string of the molecule is c1ccc2c(c1)sc1c2ccc2c3ccc4sc5cccc6c7ccccc7c7ccccc7n(c21)c3c4c56. The van der Waals surface area contributed by atoms with Gasteiger partial charge in [-0.15, -0.1) is 22.7 Å². The van der Waals surface area contributed by atoms with Gasteiger partial charge in [0, 0.05) is 51.8 Å². The van der Waals surface area contributed by atoms with E-state index in [-0.39, 0.29) is 0 Å². The molecule has 0 aliphatic heterocycles. The van der Waals surface area contributed by atoms with E-state index in [1.807, 2.05) is 22.7 Å². The summed E-state index contributed by atoms with van der Waals surface area (Å²) < 4.78 is 8.00. The highest BCUT2D eigenvalue weighted by atomic mass is 32.1. The van der Waals surface area contributed by atoms with Gasteiger partial charge in [-0.05, 0) is 40.4 Å². The van der Waals surface area contributed by atoms with E-state index in [1.165, 1.54) is 89.2 Å². The number of aromatic nitrogens is 1. The van der Waals surface area contributed by atoms with Gasteiger partial charge in [0.15, 0.2) is 0 Å².